The summed E-state index contributed by atoms with van der Waals surface area (Å²) < 4.78 is 48.8. The lowest BCUT2D eigenvalue weighted by atomic mass is 10.6. The molecule has 16 heavy (non-hydrogen) atoms. The fraction of sp³-hybridized carbons (Fsp3) is 0.571. The van der Waals surface area contributed by atoms with E-state index in [1.165, 1.54) is 6.33 Å². The number of rotatable bonds is 6. The maximum atomic E-state index is 12.2. The van der Waals surface area contributed by atoms with Crippen LogP contribution < -0.4 is 0 Å². The molecule has 0 aromatic carbocycles. The molecular weight excluding hydrogens is 308 g/mol. The lowest BCUT2D eigenvalue weighted by Crippen LogP contribution is -2.36. The highest BCUT2D eigenvalue weighted by molar-refractivity contribution is 9.09. The summed E-state index contributed by atoms with van der Waals surface area (Å²) in [6.07, 6.45) is -0.444. The molecule has 0 saturated heterocycles. The monoisotopic (exact) mass is 317 g/mol. The average Bonchev–Trinajstić information content (AvgIpc) is 2.69. The number of hydrogen-bond acceptors (Lipinski definition) is 3. The summed E-state index contributed by atoms with van der Waals surface area (Å²) in [4.78, 5) is 5.94. The number of hydrogen-bond donors (Lipinski definition) is 1. The van der Waals surface area contributed by atoms with E-state index in [9.17, 15) is 17.2 Å². The molecule has 0 spiro atoms. The largest absolute Gasteiger partial charge is 0.335 e. The third kappa shape index (κ3) is 3.22. The maximum absolute atomic E-state index is 12.2. The van der Waals surface area contributed by atoms with Crippen molar-refractivity contribution >= 4 is 26.0 Å². The Hall–Kier alpha value is -0.540. The van der Waals surface area contributed by atoms with Crippen LogP contribution in [0.5, 0.6) is 0 Å². The summed E-state index contributed by atoms with van der Waals surface area (Å²) in [5, 5.41) is 0.0988. The number of halogens is 3. The van der Waals surface area contributed by atoms with Crippen molar-refractivity contribution in [2.75, 3.05) is 18.4 Å². The van der Waals surface area contributed by atoms with Crippen LogP contribution in [0.4, 0.5) is 8.78 Å². The van der Waals surface area contributed by atoms with Gasteiger partial charge in [-0.15, -0.1) is 0 Å². The van der Waals surface area contributed by atoms with Crippen LogP contribution in [0.25, 0.3) is 0 Å². The van der Waals surface area contributed by atoms with Crippen molar-refractivity contribution in [3.8, 4) is 0 Å². The molecule has 0 unspecified atom stereocenters. The highest BCUT2D eigenvalue weighted by atomic mass is 79.9. The molecule has 0 aliphatic carbocycles. The van der Waals surface area contributed by atoms with Crippen molar-refractivity contribution < 1.29 is 17.2 Å². The van der Waals surface area contributed by atoms with Gasteiger partial charge in [0.1, 0.15) is 0 Å². The lowest BCUT2D eigenvalue weighted by Gasteiger charge is -2.19. The van der Waals surface area contributed by atoms with Crippen molar-refractivity contribution in [3.63, 3.8) is 0 Å². The van der Waals surface area contributed by atoms with Crippen LogP contribution in [-0.2, 0) is 10.0 Å². The van der Waals surface area contributed by atoms with E-state index in [1.54, 1.807) is 0 Å². The van der Waals surface area contributed by atoms with Crippen LogP contribution in [0.15, 0.2) is 17.6 Å². The van der Waals surface area contributed by atoms with Crippen molar-refractivity contribution in [2.45, 2.75) is 11.5 Å². The second-order valence-corrected chi connectivity index (χ2v) is 5.56. The molecule has 0 fully saturated rings. The van der Waals surface area contributed by atoms with E-state index < -0.39 is 23.0 Å². The third-order valence-electron chi connectivity index (χ3n) is 1.77. The van der Waals surface area contributed by atoms with Crippen LogP contribution in [-0.4, -0.2) is 47.5 Å². The maximum Gasteiger partial charge on any atom is 0.260 e. The molecule has 0 saturated carbocycles. The first-order chi connectivity index (χ1) is 7.48. The molecule has 1 N–H and O–H groups in total. The van der Waals surface area contributed by atoms with Gasteiger partial charge in [0.05, 0.1) is 19.1 Å². The van der Waals surface area contributed by atoms with Crippen LogP contribution in [0.1, 0.15) is 0 Å². The number of alkyl halides is 3. The predicted octanol–water partition coefficient (Wildman–Crippen LogP) is 1.06. The molecule has 0 aliphatic rings. The quantitative estimate of drug-likeness (QED) is 0.798. The topological polar surface area (TPSA) is 66.1 Å². The second kappa shape index (κ2) is 5.69. The zero-order valence-corrected chi connectivity index (χ0v) is 10.5. The third-order valence-corrected chi connectivity index (χ3v) is 3.91. The van der Waals surface area contributed by atoms with E-state index in [4.69, 9.17) is 0 Å². The molecule has 1 aromatic rings. The van der Waals surface area contributed by atoms with Gasteiger partial charge >= 0.3 is 0 Å². The molecule has 0 radical (unpaired) electrons. The highest BCUT2D eigenvalue weighted by Crippen LogP contribution is 2.14. The number of sulfonamides is 1. The minimum Gasteiger partial charge on any atom is -0.335 e. The Labute approximate surface area is 100 Å². The normalized spacial score (nSPS) is 12.6. The van der Waals surface area contributed by atoms with Crippen molar-refractivity contribution in [2.24, 2.45) is 0 Å². The minimum atomic E-state index is -3.91. The summed E-state index contributed by atoms with van der Waals surface area (Å²) >= 11 is 3.02. The van der Waals surface area contributed by atoms with Crippen LogP contribution in [0.3, 0.4) is 0 Å². The van der Waals surface area contributed by atoms with E-state index in [1.807, 2.05) is 0 Å². The number of imidazole rings is 1. The molecular formula is C7H10BrF2N3O2S. The average molecular weight is 318 g/mol. The standard InChI is InChI=1S/C7H10BrF2N3O2S/c8-1-2-13(4-6(9)10)16(14,15)7-3-11-5-12-7/h3,5-6H,1-2,4H2,(H,11,12). The van der Waals surface area contributed by atoms with Gasteiger partial charge in [0.25, 0.3) is 16.4 Å². The first kappa shape index (κ1) is 13.5. The number of nitrogens with one attached hydrogen (secondary N) is 1. The number of aromatic amines is 1. The van der Waals surface area contributed by atoms with Crippen molar-refractivity contribution in [1.29, 1.82) is 0 Å². The number of aromatic nitrogens is 2. The minimum absolute atomic E-state index is 0.0221. The molecule has 5 nitrogen and oxygen atoms in total. The van der Waals surface area contributed by atoms with Crippen molar-refractivity contribution in [1.82, 2.24) is 14.3 Å². The zero-order chi connectivity index (χ0) is 12.2. The van der Waals surface area contributed by atoms with Crippen LogP contribution in [0, 0.1) is 0 Å². The fourth-order valence-electron chi connectivity index (χ4n) is 1.08. The van der Waals surface area contributed by atoms with E-state index >= 15 is 0 Å². The van der Waals surface area contributed by atoms with Gasteiger partial charge in [0, 0.05) is 11.9 Å². The molecule has 1 aromatic heterocycles. The summed E-state index contributed by atoms with van der Waals surface area (Å²) in [5.74, 6) is 0. The van der Waals surface area contributed by atoms with Gasteiger partial charge in [-0.05, 0) is 0 Å². The van der Waals surface area contributed by atoms with Crippen LogP contribution in [0.2, 0.25) is 0 Å². The van der Waals surface area contributed by atoms with Gasteiger partial charge in [-0.25, -0.2) is 22.2 Å². The molecule has 1 heterocycles. The first-order valence-electron chi connectivity index (χ1n) is 4.31. The molecule has 0 amide bonds. The van der Waals surface area contributed by atoms with Crippen molar-refractivity contribution in [3.05, 3.63) is 12.5 Å². The number of H-pyrrole nitrogens is 1. The lowest BCUT2D eigenvalue weighted by molar-refractivity contribution is 0.121. The first-order valence-corrected chi connectivity index (χ1v) is 6.87. The Morgan fingerprint density at radius 3 is 2.69 bits per heavy atom. The Morgan fingerprint density at radius 2 is 2.25 bits per heavy atom. The summed E-state index contributed by atoms with van der Waals surface area (Å²) in [6.45, 7) is -0.849. The van der Waals surface area contributed by atoms with E-state index in [-0.39, 0.29) is 16.9 Å². The van der Waals surface area contributed by atoms with Gasteiger partial charge in [0.2, 0.25) is 0 Å². The fourth-order valence-corrected chi connectivity index (χ4v) is 3.06. The van der Waals surface area contributed by atoms with Gasteiger partial charge in [-0.1, -0.05) is 15.9 Å². The summed E-state index contributed by atoms with van der Waals surface area (Å²) in [5.41, 5.74) is 0. The second-order valence-electron chi connectivity index (χ2n) is 2.86. The van der Waals surface area contributed by atoms with Gasteiger partial charge in [-0.2, -0.15) is 4.31 Å². The van der Waals surface area contributed by atoms with E-state index in [0.29, 0.717) is 4.31 Å². The molecule has 1 rings (SSSR count). The number of nitrogens with zero attached hydrogens (tertiary/aromatic N) is 2. The molecule has 0 atom stereocenters. The van der Waals surface area contributed by atoms with E-state index in [2.05, 4.69) is 25.9 Å². The smallest absolute Gasteiger partial charge is 0.260 e. The summed E-state index contributed by atoms with van der Waals surface area (Å²) in [7, 11) is -3.91. The molecule has 92 valence electrons. The Balaban J connectivity index is 2.93. The SMILES string of the molecule is O=S(=O)(c1cnc[nH]1)N(CCBr)CC(F)F. The predicted molar refractivity (Wildman–Crippen MR) is 57.1 cm³/mol. The highest BCUT2D eigenvalue weighted by Gasteiger charge is 2.27. The van der Waals surface area contributed by atoms with Crippen LogP contribution >= 0.6 is 15.9 Å². The van der Waals surface area contributed by atoms with Gasteiger partial charge < -0.3 is 4.98 Å². The molecule has 0 aliphatic heterocycles. The van der Waals surface area contributed by atoms with E-state index in [0.717, 1.165) is 6.20 Å². The van der Waals surface area contributed by atoms with Gasteiger partial charge in [-0.3, -0.25) is 0 Å². The zero-order valence-electron chi connectivity index (χ0n) is 8.11. The van der Waals surface area contributed by atoms with Gasteiger partial charge in [0.15, 0.2) is 5.03 Å². The summed E-state index contributed by atoms with van der Waals surface area (Å²) in [6, 6.07) is 0. The molecule has 9 heteroatoms. The Bertz CT molecular complexity index is 409. The molecule has 0 bridgehead atoms. The Kier molecular flexibility index (Phi) is 4.81. The Morgan fingerprint density at radius 1 is 1.56 bits per heavy atom.